The van der Waals surface area contributed by atoms with E-state index in [0.29, 0.717) is 35.0 Å². The van der Waals surface area contributed by atoms with Gasteiger partial charge < -0.3 is 25.9 Å². The lowest BCUT2D eigenvalue weighted by Crippen LogP contribution is -2.38. The molecule has 3 aromatic carbocycles. The van der Waals surface area contributed by atoms with Crippen molar-refractivity contribution >= 4 is 39.5 Å². The number of fused-ring (bicyclic) bond motifs is 3. The Balaban J connectivity index is 1.60. The zero-order chi connectivity index (χ0) is 24.5. The maximum Gasteiger partial charge on any atom is 0.411 e. The molecule has 0 bridgehead atoms. The molecule has 0 atom stereocenters. The number of anilines is 1. The van der Waals surface area contributed by atoms with E-state index in [9.17, 15) is 14.7 Å². The van der Waals surface area contributed by atoms with Crippen LogP contribution in [0.2, 0.25) is 0 Å². The second kappa shape index (κ2) is 9.31. The Morgan fingerprint density at radius 1 is 1.06 bits per heavy atom. The predicted molar refractivity (Wildman–Crippen MR) is 137 cm³/mol. The minimum atomic E-state index is -0.975. The molecular formula is C27H28N4O4. The molecule has 2 amide bonds. The number of carbonyl (C=O) groups is 2. The average molecular weight is 473 g/mol. The number of methoxy groups -OCH3 is 1. The Kier molecular flexibility index (Phi) is 6.05. The third kappa shape index (κ3) is 4.40. The summed E-state index contributed by atoms with van der Waals surface area (Å²) in [4.78, 5) is 29.2. The smallest absolute Gasteiger partial charge is 0.411 e. The summed E-state index contributed by atoms with van der Waals surface area (Å²) in [6.07, 6.45) is 0.929. The van der Waals surface area contributed by atoms with Crippen LogP contribution in [0.1, 0.15) is 23.2 Å². The lowest BCUT2D eigenvalue weighted by molar-refractivity contribution is 0.100. The number of hydrogen-bond donors (Lipinski definition) is 4. The van der Waals surface area contributed by atoms with Crippen molar-refractivity contribution in [3.63, 3.8) is 0 Å². The van der Waals surface area contributed by atoms with Gasteiger partial charge in [0.05, 0.1) is 18.2 Å². The van der Waals surface area contributed by atoms with E-state index in [1.165, 1.54) is 4.90 Å². The normalized spacial score (nSPS) is 14.3. The van der Waals surface area contributed by atoms with Gasteiger partial charge in [0.25, 0.3) is 5.91 Å². The summed E-state index contributed by atoms with van der Waals surface area (Å²) in [5.74, 6) is 0.497. The van der Waals surface area contributed by atoms with Crippen LogP contribution in [0, 0.1) is 5.92 Å². The molecule has 1 aliphatic rings. The lowest BCUT2D eigenvalue weighted by Gasteiger charge is -2.28. The van der Waals surface area contributed by atoms with Crippen molar-refractivity contribution in [2.45, 2.75) is 12.8 Å². The van der Waals surface area contributed by atoms with E-state index in [1.807, 2.05) is 48.5 Å². The van der Waals surface area contributed by atoms with Crippen molar-refractivity contribution in [2.75, 3.05) is 31.6 Å². The molecule has 35 heavy (non-hydrogen) atoms. The first-order chi connectivity index (χ1) is 16.9. The van der Waals surface area contributed by atoms with Crippen LogP contribution in [-0.4, -0.2) is 48.8 Å². The fourth-order valence-corrected chi connectivity index (χ4v) is 4.94. The maximum absolute atomic E-state index is 12.4. The first-order valence-corrected chi connectivity index (χ1v) is 11.7. The van der Waals surface area contributed by atoms with E-state index in [2.05, 4.69) is 10.3 Å². The van der Waals surface area contributed by atoms with Crippen LogP contribution in [0.4, 0.5) is 10.5 Å². The van der Waals surface area contributed by atoms with Gasteiger partial charge in [-0.05, 0) is 79.4 Å². The van der Waals surface area contributed by atoms with E-state index in [0.717, 1.165) is 53.3 Å². The highest BCUT2D eigenvalue weighted by Gasteiger charge is 2.23. The van der Waals surface area contributed by atoms with Crippen LogP contribution in [0.15, 0.2) is 54.6 Å². The number of aromatic amines is 1. The highest BCUT2D eigenvalue weighted by atomic mass is 16.5. The molecule has 1 aliphatic heterocycles. The average Bonchev–Trinajstić information content (AvgIpc) is 3.24. The largest absolute Gasteiger partial charge is 0.497 e. The number of hydrogen-bond acceptors (Lipinski definition) is 4. The molecule has 0 aliphatic carbocycles. The van der Waals surface area contributed by atoms with Gasteiger partial charge in [0.1, 0.15) is 5.75 Å². The molecule has 1 aromatic heterocycles. The number of carboxylic acid groups (broad SMARTS) is 1. The Hall–Kier alpha value is -4.04. The number of aromatic nitrogens is 1. The van der Waals surface area contributed by atoms with Crippen molar-refractivity contribution in [1.82, 2.24) is 10.3 Å². The number of nitrogens with two attached hydrogens (primary N) is 1. The highest BCUT2D eigenvalue weighted by molar-refractivity contribution is 6.16. The first-order valence-electron chi connectivity index (χ1n) is 11.7. The number of nitrogens with one attached hydrogen (secondary N) is 2. The number of piperidine rings is 1. The van der Waals surface area contributed by atoms with E-state index in [1.54, 1.807) is 13.2 Å². The number of rotatable bonds is 6. The molecule has 0 saturated carbocycles. The number of ether oxygens (including phenoxy) is 1. The van der Waals surface area contributed by atoms with Gasteiger partial charge in [-0.1, -0.05) is 18.2 Å². The number of carbonyl (C=O) groups excluding carboxylic acids is 1. The number of benzene rings is 3. The highest BCUT2D eigenvalue weighted by Crippen LogP contribution is 2.35. The summed E-state index contributed by atoms with van der Waals surface area (Å²) in [6.45, 7) is 2.27. The lowest BCUT2D eigenvalue weighted by atomic mass is 9.97. The zero-order valence-electron chi connectivity index (χ0n) is 19.5. The number of primary amides is 1. The Bertz CT molecular complexity index is 1420. The molecular weight excluding hydrogens is 444 g/mol. The standard InChI is InChI=1S/C27H28N4O4/c1-35-20-4-2-3-17(11-20)18-12-22-21-6-5-19(14-24(21)30-25(22)23(13-18)26(28)32)31(27(33)34)15-16-7-9-29-10-8-16/h2-6,11-14,16,29-30H,7-10,15H2,1H3,(H2,28,32)(H,33,34). The minimum Gasteiger partial charge on any atom is -0.497 e. The summed E-state index contributed by atoms with van der Waals surface area (Å²) in [7, 11) is 1.61. The quantitative estimate of drug-likeness (QED) is 0.327. The molecule has 5 N–H and O–H groups in total. The van der Waals surface area contributed by atoms with Gasteiger partial charge in [-0.25, -0.2) is 4.79 Å². The SMILES string of the molecule is COc1cccc(-c2cc(C(N)=O)c3[nH]c4cc(N(CC5CCNCC5)C(=O)O)ccc4c3c2)c1. The fraction of sp³-hybridized carbons (Fsp3) is 0.259. The second-order valence-electron chi connectivity index (χ2n) is 8.98. The Labute approximate surface area is 202 Å². The molecule has 0 unspecified atom stereocenters. The molecule has 5 rings (SSSR count). The van der Waals surface area contributed by atoms with Crippen molar-refractivity contribution in [3.05, 3.63) is 60.2 Å². The van der Waals surface area contributed by atoms with Crippen LogP contribution in [-0.2, 0) is 0 Å². The van der Waals surface area contributed by atoms with Crippen LogP contribution in [0.5, 0.6) is 5.75 Å². The number of nitrogens with zero attached hydrogens (tertiary/aromatic N) is 1. The Morgan fingerprint density at radius 3 is 2.57 bits per heavy atom. The van der Waals surface area contributed by atoms with Gasteiger partial charge in [0.2, 0.25) is 0 Å². The van der Waals surface area contributed by atoms with Gasteiger partial charge >= 0.3 is 6.09 Å². The van der Waals surface area contributed by atoms with Crippen molar-refractivity contribution in [2.24, 2.45) is 11.7 Å². The van der Waals surface area contributed by atoms with E-state index in [4.69, 9.17) is 10.5 Å². The van der Waals surface area contributed by atoms with Crippen LogP contribution >= 0.6 is 0 Å². The summed E-state index contributed by atoms with van der Waals surface area (Å²) < 4.78 is 5.35. The molecule has 8 nitrogen and oxygen atoms in total. The Morgan fingerprint density at radius 2 is 1.86 bits per heavy atom. The van der Waals surface area contributed by atoms with Crippen molar-refractivity contribution in [3.8, 4) is 16.9 Å². The molecule has 2 heterocycles. The summed E-state index contributed by atoms with van der Waals surface area (Å²) >= 11 is 0. The van der Waals surface area contributed by atoms with Gasteiger partial charge in [0, 0.05) is 28.5 Å². The van der Waals surface area contributed by atoms with Crippen LogP contribution in [0.3, 0.4) is 0 Å². The summed E-state index contributed by atoms with van der Waals surface area (Å²) in [5.41, 5.74) is 9.86. The molecule has 1 saturated heterocycles. The zero-order valence-corrected chi connectivity index (χ0v) is 19.5. The van der Waals surface area contributed by atoms with Crippen LogP contribution in [0.25, 0.3) is 32.9 Å². The first kappa shape index (κ1) is 22.7. The molecule has 4 aromatic rings. The van der Waals surface area contributed by atoms with Gasteiger partial charge in [-0.15, -0.1) is 0 Å². The number of H-pyrrole nitrogens is 1. The number of amides is 2. The third-order valence-electron chi connectivity index (χ3n) is 6.80. The second-order valence-corrected chi connectivity index (χ2v) is 8.98. The fourth-order valence-electron chi connectivity index (χ4n) is 4.94. The molecule has 1 fully saturated rings. The molecule has 0 radical (unpaired) electrons. The van der Waals surface area contributed by atoms with Gasteiger partial charge in [-0.3, -0.25) is 9.69 Å². The van der Waals surface area contributed by atoms with E-state index in [-0.39, 0.29) is 0 Å². The summed E-state index contributed by atoms with van der Waals surface area (Å²) in [5, 5.41) is 15.0. The summed E-state index contributed by atoms with van der Waals surface area (Å²) in [6, 6.07) is 17.0. The van der Waals surface area contributed by atoms with Crippen molar-refractivity contribution < 1.29 is 19.4 Å². The van der Waals surface area contributed by atoms with Gasteiger partial charge in [0.15, 0.2) is 0 Å². The maximum atomic E-state index is 12.4. The van der Waals surface area contributed by atoms with Gasteiger partial charge in [-0.2, -0.15) is 0 Å². The molecule has 180 valence electrons. The van der Waals surface area contributed by atoms with E-state index >= 15 is 0 Å². The van der Waals surface area contributed by atoms with Crippen LogP contribution < -0.4 is 20.7 Å². The predicted octanol–water partition coefficient (Wildman–Crippen LogP) is 4.58. The molecule has 0 spiro atoms. The van der Waals surface area contributed by atoms with E-state index < -0.39 is 12.0 Å². The van der Waals surface area contributed by atoms with Crippen molar-refractivity contribution in [1.29, 1.82) is 0 Å². The monoisotopic (exact) mass is 472 g/mol. The minimum absolute atomic E-state index is 0.317. The third-order valence-corrected chi connectivity index (χ3v) is 6.80. The molecule has 8 heteroatoms. The topological polar surface area (TPSA) is 121 Å².